The summed E-state index contributed by atoms with van der Waals surface area (Å²) >= 11 is 0.837. The van der Waals surface area contributed by atoms with Gasteiger partial charge < -0.3 is 5.73 Å². The third kappa shape index (κ3) is 2.67. The van der Waals surface area contributed by atoms with E-state index < -0.39 is 25.5 Å². The van der Waals surface area contributed by atoms with Gasteiger partial charge in [-0.25, -0.2) is 13.4 Å². The number of nitro groups is 1. The van der Waals surface area contributed by atoms with Gasteiger partial charge in [0.15, 0.2) is 4.90 Å². The maximum atomic E-state index is 12.2. The number of nitrogen functional groups attached to an aromatic ring is 1. The predicted octanol–water partition coefficient (Wildman–Crippen LogP) is 1.14. The summed E-state index contributed by atoms with van der Waals surface area (Å²) in [7, 11) is -4.16. The van der Waals surface area contributed by atoms with Crippen LogP contribution < -0.4 is 10.5 Å². The van der Waals surface area contributed by atoms with E-state index in [0.717, 1.165) is 17.6 Å². The van der Waals surface area contributed by atoms with Crippen LogP contribution in [0.15, 0.2) is 23.1 Å². The van der Waals surface area contributed by atoms with Gasteiger partial charge in [-0.2, -0.15) is 4.37 Å². The summed E-state index contributed by atoms with van der Waals surface area (Å²) in [6, 6.07) is 3.68. The second-order valence-corrected chi connectivity index (χ2v) is 6.11. The number of rotatable bonds is 4. The first-order valence-electron chi connectivity index (χ1n) is 5.17. The van der Waals surface area contributed by atoms with E-state index in [0.29, 0.717) is 5.82 Å². The first-order chi connectivity index (χ1) is 9.31. The van der Waals surface area contributed by atoms with E-state index >= 15 is 0 Å². The van der Waals surface area contributed by atoms with Gasteiger partial charge in [0.05, 0.1) is 4.92 Å². The van der Waals surface area contributed by atoms with Crippen molar-refractivity contribution >= 4 is 38.1 Å². The molecule has 11 heteroatoms. The minimum atomic E-state index is -4.16. The number of hydrogen-bond acceptors (Lipinski definition) is 8. The Kier molecular flexibility index (Phi) is 3.55. The molecule has 2 rings (SSSR count). The van der Waals surface area contributed by atoms with E-state index in [1.54, 1.807) is 6.92 Å². The number of hydrogen-bond donors (Lipinski definition) is 2. The topological polar surface area (TPSA) is 141 Å². The average molecular weight is 315 g/mol. The molecule has 20 heavy (non-hydrogen) atoms. The third-order valence-electron chi connectivity index (χ3n) is 2.25. The first-order valence-corrected chi connectivity index (χ1v) is 7.43. The summed E-state index contributed by atoms with van der Waals surface area (Å²) in [6.07, 6.45) is 0. The molecule has 0 aliphatic rings. The number of aryl methyl sites for hydroxylation is 1. The Labute approximate surface area is 117 Å². The van der Waals surface area contributed by atoms with Gasteiger partial charge in [-0.1, -0.05) is 6.07 Å². The van der Waals surface area contributed by atoms with Crippen LogP contribution in [0.2, 0.25) is 0 Å². The van der Waals surface area contributed by atoms with Crippen molar-refractivity contribution in [1.29, 1.82) is 0 Å². The summed E-state index contributed by atoms with van der Waals surface area (Å²) < 4.78 is 30.3. The number of benzene rings is 1. The van der Waals surface area contributed by atoms with Crippen molar-refractivity contribution in [3.8, 4) is 0 Å². The Hall–Kier alpha value is -2.27. The highest BCUT2D eigenvalue weighted by Crippen LogP contribution is 2.31. The lowest BCUT2D eigenvalue weighted by atomic mass is 10.3. The Morgan fingerprint density at radius 2 is 2.15 bits per heavy atom. The third-order valence-corrected chi connectivity index (χ3v) is 4.47. The van der Waals surface area contributed by atoms with Gasteiger partial charge in [0.25, 0.3) is 10.0 Å². The van der Waals surface area contributed by atoms with Crippen LogP contribution in [-0.2, 0) is 10.0 Å². The van der Waals surface area contributed by atoms with Crippen molar-refractivity contribution in [3.63, 3.8) is 0 Å². The van der Waals surface area contributed by atoms with E-state index in [1.165, 1.54) is 12.1 Å². The van der Waals surface area contributed by atoms with E-state index in [9.17, 15) is 18.5 Å². The molecule has 1 aromatic carbocycles. The van der Waals surface area contributed by atoms with Crippen LogP contribution in [0.4, 0.5) is 16.5 Å². The van der Waals surface area contributed by atoms with Crippen molar-refractivity contribution in [2.24, 2.45) is 0 Å². The van der Waals surface area contributed by atoms with Crippen LogP contribution in [-0.4, -0.2) is 22.7 Å². The molecule has 3 N–H and O–H groups in total. The number of aromatic nitrogens is 2. The van der Waals surface area contributed by atoms with Crippen molar-refractivity contribution in [3.05, 3.63) is 34.1 Å². The molecule has 0 saturated carbocycles. The van der Waals surface area contributed by atoms with Gasteiger partial charge in [0.1, 0.15) is 11.5 Å². The quantitative estimate of drug-likeness (QED) is 0.489. The smallest absolute Gasteiger partial charge is 0.312 e. The average Bonchev–Trinajstić information content (AvgIpc) is 2.73. The fraction of sp³-hybridized carbons (Fsp3) is 0.111. The molecule has 1 heterocycles. The minimum Gasteiger partial charge on any atom is -0.393 e. The van der Waals surface area contributed by atoms with Gasteiger partial charge >= 0.3 is 5.69 Å². The zero-order valence-corrected chi connectivity index (χ0v) is 11.7. The molecule has 106 valence electrons. The zero-order valence-electron chi connectivity index (χ0n) is 10.1. The minimum absolute atomic E-state index is 0.0271. The Balaban J connectivity index is 2.50. The molecular weight excluding hydrogens is 306 g/mol. The van der Waals surface area contributed by atoms with E-state index in [-0.39, 0.29) is 10.8 Å². The standard InChI is InChI=1S/C9H9N5O4S2/c1-5-11-9(19-12-5)13-20(17,18)7-4-2-3-6(10)8(7)14(15)16/h2-4H,10H2,1H3,(H,11,12,13). The van der Waals surface area contributed by atoms with E-state index in [2.05, 4.69) is 14.1 Å². The molecule has 0 aliphatic carbocycles. The highest BCUT2D eigenvalue weighted by Gasteiger charge is 2.28. The van der Waals surface area contributed by atoms with E-state index in [4.69, 9.17) is 5.73 Å². The van der Waals surface area contributed by atoms with Gasteiger partial charge in [0.2, 0.25) is 5.13 Å². The Morgan fingerprint density at radius 1 is 1.45 bits per heavy atom. The molecule has 0 fully saturated rings. The molecule has 9 nitrogen and oxygen atoms in total. The molecule has 0 atom stereocenters. The lowest BCUT2D eigenvalue weighted by Gasteiger charge is -2.06. The summed E-state index contributed by atoms with van der Waals surface area (Å²) in [4.78, 5) is 13.4. The molecule has 0 spiro atoms. The van der Waals surface area contributed by atoms with Crippen molar-refractivity contribution in [2.75, 3.05) is 10.5 Å². The van der Waals surface area contributed by atoms with Crippen LogP contribution >= 0.6 is 11.5 Å². The number of nitrogens with one attached hydrogen (secondary N) is 1. The van der Waals surface area contributed by atoms with Crippen molar-refractivity contribution < 1.29 is 13.3 Å². The van der Waals surface area contributed by atoms with Gasteiger partial charge in [0, 0.05) is 11.5 Å². The number of anilines is 2. The monoisotopic (exact) mass is 315 g/mol. The molecule has 0 radical (unpaired) electrons. The van der Waals surface area contributed by atoms with Crippen LogP contribution in [0.3, 0.4) is 0 Å². The molecule has 0 amide bonds. The summed E-state index contributed by atoms with van der Waals surface area (Å²) in [5.74, 6) is 0.398. The van der Waals surface area contributed by atoms with Gasteiger partial charge in [-0.15, -0.1) is 0 Å². The fourth-order valence-corrected chi connectivity index (χ4v) is 3.46. The molecule has 0 aliphatic heterocycles. The molecule has 0 saturated heterocycles. The number of nitro benzene ring substituents is 1. The summed E-state index contributed by atoms with van der Waals surface area (Å²) in [6.45, 7) is 1.59. The Bertz CT molecular complexity index is 770. The number of nitrogens with two attached hydrogens (primary N) is 1. The van der Waals surface area contributed by atoms with Crippen LogP contribution in [0.1, 0.15) is 5.82 Å². The van der Waals surface area contributed by atoms with Gasteiger partial charge in [-0.3, -0.25) is 14.8 Å². The summed E-state index contributed by atoms with van der Waals surface area (Å²) in [5.41, 5.74) is 4.56. The Morgan fingerprint density at radius 3 is 2.70 bits per heavy atom. The van der Waals surface area contributed by atoms with Gasteiger partial charge in [-0.05, 0) is 19.1 Å². The van der Waals surface area contributed by atoms with Crippen LogP contribution in [0, 0.1) is 17.0 Å². The summed E-state index contributed by atoms with van der Waals surface area (Å²) in [5, 5.41) is 11.0. The molecule has 0 bridgehead atoms. The molecule has 0 unspecified atom stereocenters. The maximum Gasteiger partial charge on any atom is 0.312 e. The van der Waals surface area contributed by atoms with Crippen molar-refractivity contribution in [2.45, 2.75) is 11.8 Å². The highest BCUT2D eigenvalue weighted by molar-refractivity contribution is 7.93. The lowest BCUT2D eigenvalue weighted by Crippen LogP contribution is -2.15. The van der Waals surface area contributed by atoms with E-state index in [1.807, 2.05) is 0 Å². The molecular formula is C9H9N5O4S2. The maximum absolute atomic E-state index is 12.2. The highest BCUT2D eigenvalue weighted by atomic mass is 32.2. The SMILES string of the molecule is Cc1nsc(NS(=O)(=O)c2cccc(N)c2[N+](=O)[O-])n1. The second kappa shape index (κ2) is 5.02. The van der Waals surface area contributed by atoms with Crippen molar-refractivity contribution in [1.82, 2.24) is 9.36 Å². The van der Waals surface area contributed by atoms with Crippen LogP contribution in [0.25, 0.3) is 0 Å². The number of nitrogens with zero attached hydrogens (tertiary/aromatic N) is 3. The first kappa shape index (κ1) is 14.1. The number of para-hydroxylation sites is 1. The normalized spacial score (nSPS) is 11.2. The second-order valence-electron chi connectivity index (χ2n) is 3.70. The van der Waals surface area contributed by atoms with Crippen LogP contribution in [0.5, 0.6) is 0 Å². The zero-order chi connectivity index (χ0) is 14.9. The molecule has 2 aromatic rings. The lowest BCUT2D eigenvalue weighted by molar-refractivity contribution is -0.386. The fourth-order valence-electron chi connectivity index (χ4n) is 1.46. The largest absolute Gasteiger partial charge is 0.393 e. The molecule has 1 aromatic heterocycles. The predicted molar refractivity (Wildman–Crippen MR) is 73.0 cm³/mol. The number of sulfonamides is 1.